The van der Waals surface area contributed by atoms with Crippen LogP contribution in [0.4, 0.5) is 14.9 Å². The Balaban J connectivity index is 1.66. The Labute approximate surface area is 196 Å². The normalized spacial score (nSPS) is 16.0. The number of benzene rings is 3. The van der Waals surface area contributed by atoms with Crippen molar-refractivity contribution in [3.63, 3.8) is 0 Å². The number of carbonyl (C=O) groups excluding carboxylic acids is 1. The van der Waals surface area contributed by atoms with Crippen molar-refractivity contribution in [1.29, 1.82) is 0 Å². The van der Waals surface area contributed by atoms with Gasteiger partial charge in [-0.2, -0.15) is 4.98 Å². The summed E-state index contributed by atoms with van der Waals surface area (Å²) in [6.07, 6.45) is 0.848. The second kappa shape index (κ2) is 8.94. The van der Waals surface area contributed by atoms with Crippen LogP contribution in [0.5, 0.6) is 0 Å². The maximum atomic E-state index is 13.6. The first-order valence-electron chi connectivity index (χ1n) is 11.1. The summed E-state index contributed by atoms with van der Waals surface area (Å²) in [4.78, 5) is 19.6. The number of hydrogen-bond donors (Lipinski definition) is 1. The van der Waals surface area contributed by atoms with E-state index in [2.05, 4.69) is 22.4 Å². The monoisotopic (exact) mass is 454 g/mol. The average molecular weight is 455 g/mol. The summed E-state index contributed by atoms with van der Waals surface area (Å²) < 4.78 is 19.3. The zero-order valence-corrected chi connectivity index (χ0v) is 18.8. The van der Waals surface area contributed by atoms with Crippen molar-refractivity contribution in [3.8, 4) is 11.4 Å². The number of aromatic nitrogens is 2. The van der Waals surface area contributed by atoms with Gasteiger partial charge in [0.05, 0.1) is 17.3 Å². The van der Waals surface area contributed by atoms with Gasteiger partial charge in [-0.05, 0) is 48.7 Å². The first-order valence-corrected chi connectivity index (χ1v) is 11.1. The number of urea groups is 1. The van der Waals surface area contributed by atoms with Crippen molar-refractivity contribution in [2.75, 3.05) is 4.90 Å². The predicted molar refractivity (Wildman–Crippen MR) is 128 cm³/mol. The minimum absolute atomic E-state index is 0.286. The highest BCUT2D eigenvalue weighted by Gasteiger charge is 2.36. The Morgan fingerprint density at radius 2 is 1.79 bits per heavy atom. The number of nitrogens with one attached hydrogen (secondary N) is 1. The third-order valence-corrected chi connectivity index (χ3v) is 5.95. The molecule has 0 fully saturated rings. The summed E-state index contributed by atoms with van der Waals surface area (Å²) in [5.41, 5.74) is 4.71. The van der Waals surface area contributed by atoms with Crippen molar-refractivity contribution >= 4 is 17.3 Å². The van der Waals surface area contributed by atoms with Gasteiger partial charge >= 0.3 is 6.03 Å². The van der Waals surface area contributed by atoms with E-state index in [0.717, 1.165) is 23.2 Å². The zero-order chi connectivity index (χ0) is 23.7. The third-order valence-electron chi connectivity index (χ3n) is 5.95. The molecule has 0 bridgehead atoms. The van der Waals surface area contributed by atoms with Crippen molar-refractivity contribution < 1.29 is 13.7 Å². The maximum absolute atomic E-state index is 13.6. The van der Waals surface area contributed by atoms with Crippen LogP contribution in [-0.4, -0.2) is 16.2 Å². The molecule has 170 valence electrons. The second-order valence-electron chi connectivity index (χ2n) is 8.08. The fraction of sp³-hybridized carbons (Fsp3) is 0.148. The molecule has 0 aliphatic carbocycles. The summed E-state index contributed by atoms with van der Waals surface area (Å²) in [7, 11) is 0. The highest BCUT2D eigenvalue weighted by Crippen LogP contribution is 2.39. The zero-order valence-electron chi connectivity index (χ0n) is 18.8. The van der Waals surface area contributed by atoms with Crippen LogP contribution < -0.4 is 10.2 Å². The molecule has 1 aliphatic heterocycles. The maximum Gasteiger partial charge on any atom is 0.326 e. The molecule has 0 saturated carbocycles. The van der Waals surface area contributed by atoms with Crippen LogP contribution in [0.25, 0.3) is 17.0 Å². The van der Waals surface area contributed by atoms with Crippen molar-refractivity contribution in [2.24, 2.45) is 0 Å². The van der Waals surface area contributed by atoms with Gasteiger partial charge in [-0.15, -0.1) is 0 Å². The van der Waals surface area contributed by atoms with E-state index in [0.29, 0.717) is 28.5 Å². The van der Waals surface area contributed by atoms with Gasteiger partial charge in [-0.25, -0.2) is 9.18 Å². The molecule has 1 N–H and O–H groups in total. The minimum atomic E-state index is -0.581. The van der Waals surface area contributed by atoms with Crippen LogP contribution in [0.2, 0.25) is 0 Å². The number of halogens is 1. The molecule has 7 heteroatoms. The van der Waals surface area contributed by atoms with E-state index in [4.69, 9.17) is 4.52 Å². The molecule has 5 rings (SSSR count). The number of nitrogens with zero attached hydrogens (tertiary/aromatic N) is 3. The molecule has 34 heavy (non-hydrogen) atoms. The number of hydrogen-bond acceptors (Lipinski definition) is 4. The average Bonchev–Trinajstić information content (AvgIpc) is 3.35. The standard InChI is InChI=1S/C27H23FN4O2/c1-3-18-8-7-11-22(16-18)32-17(2)23(24(29-27(32)33)19-12-14-21(28)15-13-19)26-30-25(31-34-26)20-9-5-4-6-10-20/h4-16,24H,3H2,1-2H3,(H,29,33). The summed E-state index contributed by atoms with van der Waals surface area (Å²) in [5, 5.41) is 7.22. The van der Waals surface area contributed by atoms with Crippen LogP contribution in [0, 0.1) is 5.82 Å². The molecule has 1 aromatic heterocycles. The lowest BCUT2D eigenvalue weighted by Gasteiger charge is -2.35. The molecule has 2 amide bonds. The van der Waals surface area contributed by atoms with Crippen LogP contribution >= 0.6 is 0 Å². The lowest BCUT2D eigenvalue weighted by Crippen LogP contribution is -2.46. The number of allylic oxidation sites excluding steroid dienone is 1. The lowest BCUT2D eigenvalue weighted by atomic mass is 9.94. The molecule has 6 nitrogen and oxygen atoms in total. The summed E-state index contributed by atoms with van der Waals surface area (Å²) in [6, 6.07) is 22.5. The Morgan fingerprint density at radius 3 is 2.53 bits per heavy atom. The predicted octanol–water partition coefficient (Wildman–Crippen LogP) is 6.14. The quantitative estimate of drug-likeness (QED) is 0.393. The molecule has 3 aromatic carbocycles. The van der Waals surface area contributed by atoms with Gasteiger partial charge in [0.2, 0.25) is 5.82 Å². The molecular weight excluding hydrogens is 431 g/mol. The Hall–Kier alpha value is -4.26. The fourth-order valence-corrected chi connectivity index (χ4v) is 4.19. The van der Waals surface area contributed by atoms with E-state index in [1.165, 1.54) is 12.1 Å². The van der Waals surface area contributed by atoms with Crippen LogP contribution in [-0.2, 0) is 6.42 Å². The van der Waals surface area contributed by atoms with E-state index in [9.17, 15) is 9.18 Å². The first-order chi connectivity index (χ1) is 16.5. The highest BCUT2D eigenvalue weighted by molar-refractivity contribution is 6.01. The van der Waals surface area contributed by atoms with Gasteiger partial charge in [-0.1, -0.05) is 66.7 Å². The summed E-state index contributed by atoms with van der Waals surface area (Å²) >= 11 is 0. The molecule has 2 heterocycles. The Bertz CT molecular complexity index is 1360. The van der Waals surface area contributed by atoms with Crippen molar-refractivity contribution in [2.45, 2.75) is 26.3 Å². The van der Waals surface area contributed by atoms with Gasteiger partial charge in [0.25, 0.3) is 5.89 Å². The Kier molecular flexibility index (Phi) is 5.67. The fourth-order valence-electron chi connectivity index (χ4n) is 4.19. The van der Waals surface area contributed by atoms with Gasteiger partial charge in [-0.3, -0.25) is 4.90 Å². The molecule has 0 spiro atoms. The topological polar surface area (TPSA) is 71.3 Å². The summed E-state index contributed by atoms with van der Waals surface area (Å²) in [5.74, 6) is 0.391. The number of aryl methyl sites for hydroxylation is 1. The smallest absolute Gasteiger partial charge is 0.326 e. The largest absolute Gasteiger partial charge is 0.334 e. The van der Waals surface area contributed by atoms with Gasteiger partial charge in [0.15, 0.2) is 0 Å². The van der Waals surface area contributed by atoms with E-state index in [1.54, 1.807) is 17.0 Å². The van der Waals surface area contributed by atoms with Crippen molar-refractivity contribution in [3.05, 3.63) is 107 Å². The molecule has 1 unspecified atom stereocenters. The van der Waals surface area contributed by atoms with E-state index < -0.39 is 6.04 Å². The SMILES string of the molecule is CCc1cccc(N2C(=O)NC(c3ccc(F)cc3)C(c3nc(-c4ccccc4)no3)=C2C)c1. The lowest BCUT2D eigenvalue weighted by molar-refractivity contribution is 0.244. The number of anilines is 1. The second-order valence-corrected chi connectivity index (χ2v) is 8.08. The van der Waals surface area contributed by atoms with Crippen molar-refractivity contribution in [1.82, 2.24) is 15.5 Å². The molecular formula is C27H23FN4O2. The van der Waals surface area contributed by atoms with Gasteiger partial charge in [0.1, 0.15) is 5.82 Å². The number of amides is 2. The highest BCUT2D eigenvalue weighted by atomic mass is 19.1. The van der Waals surface area contributed by atoms with Crippen LogP contribution in [0.3, 0.4) is 0 Å². The molecule has 1 aliphatic rings. The first kappa shape index (κ1) is 21.6. The third kappa shape index (κ3) is 3.96. The van der Waals surface area contributed by atoms with E-state index >= 15 is 0 Å². The Morgan fingerprint density at radius 1 is 1.03 bits per heavy atom. The number of carbonyl (C=O) groups is 1. The number of rotatable bonds is 5. The van der Waals surface area contributed by atoms with Gasteiger partial charge < -0.3 is 9.84 Å². The molecule has 0 saturated heterocycles. The van der Waals surface area contributed by atoms with E-state index in [-0.39, 0.29) is 11.8 Å². The van der Waals surface area contributed by atoms with Gasteiger partial charge in [0, 0.05) is 11.3 Å². The molecule has 4 aromatic rings. The van der Waals surface area contributed by atoms with Crippen LogP contribution in [0.15, 0.2) is 89.1 Å². The molecule has 1 atom stereocenters. The van der Waals surface area contributed by atoms with E-state index in [1.807, 2.05) is 61.5 Å². The minimum Gasteiger partial charge on any atom is -0.334 e. The van der Waals surface area contributed by atoms with Crippen LogP contribution in [0.1, 0.15) is 36.9 Å². The molecule has 0 radical (unpaired) electrons. The summed E-state index contributed by atoms with van der Waals surface area (Å²) in [6.45, 7) is 3.92.